The lowest BCUT2D eigenvalue weighted by atomic mass is 10.0. The largest absolute Gasteiger partial charge is 0.480 e. The minimum Gasteiger partial charge on any atom is -0.480 e. The molecule has 0 rings (SSSR count). The highest BCUT2D eigenvalue weighted by molar-refractivity contribution is 5.82. The Morgan fingerprint density at radius 1 is 0.200 bits per heavy atom. The number of rotatable bonds is 74. The van der Waals surface area contributed by atoms with Crippen LogP contribution in [-0.4, -0.2) is 83.4 Å². The molecule has 2 amide bonds. The predicted octanol–water partition coefficient (Wildman–Crippen LogP) is 25.1. The van der Waals surface area contributed by atoms with Crippen LogP contribution in [0.3, 0.4) is 0 Å². The van der Waals surface area contributed by atoms with E-state index >= 15 is 0 Å². The molecule has 0 spiro atoms. The van der Waals surface area contributed by atoms with E-state index in [9.17, 15) is 19.5 Å². The predicted molar refractivity (Wildman–Crippen MR) is 375 cm³/mol. The molecule has 0 bridgehead atoms. The minimum atomic E-state index is -0.968. The molecule has 506 valence electrons. The van der Waals surface area contributed by atoms with Gasteiger partial charge in [0.25, 0.3) is 0 Å². The Bertz CT molecular complexity index is 1160. The molecule has 0 aromatic rings. The number of hydrogen-bond acceptors (Lipinski definition) is 4. The van der Waals surface area contributed by atoms with E-state index in [1.165, 1.54) is 360 Å². The van der Waals surface area contributed by atoms with Gasteiger partial charge in [-0.3, -0.25) is 19.3 Å². The minimum absolute atomic E-state index is 0.00168. The Labute approximate surface area is 533 Å². The van der Waals surface area contributed by atoms with Crippen molar-refractivity contribution in [2.75, 3.05) is 45.8 Å². The summed E-state index contributed by atoms with van der Waals surface area (Å²) in [5.41, 5.74) is 0. The van der Waals surface area contributed by atoms with Gasteiger partial charge in [0.2, 0.25) is 11.8 Å². The van der Waals surface area contributed by atoms with Gasteiger partial charge < -0.3 is 14.9 Å². The maximum Gasteiger partial charge on any atom is 0.317 e. The van der Waals surface area contributed by atoms with Crippen molar-refractivity contribution >= 4 is 17.8 Å². The number of nitrogens with zero attached hydrogens (tertiary/aromatic N) is 3. The van der Waals surface area contributed by atoms with Crippen LogP contribution in [0, 0.1) is 0 Å². The third-order valence-corrected chi connectivity index (χ3v) is 18.9. The first-order valence-corrected chi connectivity index (χ1v) is 39.4. The fourth-order valence-corrected chi connectivity index (χ4v) is 13.1. The maximum absolute atomic E-state index is 14.3. The molecule has 0 fully saturated rings. The van der Waals surface area contributed by atoms with Crippen molar-refractivity contribution in [2.24, 2.45) is 0 Å². The molecular weight excluding hydrogens is 1040 g/mol. The second-order valence-corrected chi connectivity index (χ2v) is 27.5. The monoisotopic (exact) mass is 1200 g/mol. The molecule has 0 aromatic carbocycles. The summed E-state index contributed by atoms with van der Waals surface area (Å²) in [5.74, 6) is -0.971. The van der Waals surface area contributed by atoms with Crippen LogP contribution in [-0.2, 0) is 14.4 Å². The number of carbonyl (C=O) groups is 3. The molecule has 7 heteroatoms. The molecule has 0 unspecified atom stereocenters. The van der Waals surface area contributed by atoms with Gasteiger partial charge in [0.15, 0.2) is 0 Å². The third-order valence-electron chi connectivity index (χ3n) is 18.9. The molecule has 0 saturated heterocycles. The van der Waals surface area contributed by atoms with Gasteiger partial charge in [-0.15, -0.1) is 0 Å². The summed E-state index contributed by atoms with van der Waals surface area (Å²) in [4.78, 5) is 46.7. The second kappa shape index (κ2) is 71.4. The van der Waals surface area contributed by atoms with Gasteiger partial charge in [-0.2, -0.15) is 0 Å². The molecule has 0 aliphatic rings. The smallest absolute Gasteiger partial charge is 0.317 e. The van der Waals surface area contributed by atoms with Crippen LogP contribution >= 0.6 is 0 Å². The standard InChI is InChI=1S/C78H155N3O4/c1-5-9-13-17-21-25-29-33-37-41-45-49-53-57-61-65-69-80(70-66-62-58-54-50-46-42-38-34-30-26-22-18-14-10-6-2)76(82)73-79(75-78(84)85)74-77(83)81(71-67-63-59-55-51-47-43-39-35-31-27-23-19-15-11-7-3)72-68-64-60-56-52-48-44-40-36-32-28-24-20-16-12-8-4/h5-75H2,1-4H3,(H,84,85). The van der Waals surface area contributed by atoms with Crippen molar-refractivity contribution in [2.45, 2.75) is 439 Å². The van der Waals surface area contributed by atoms with Gasteiger partial charge >= 0.3 is 5.97 Å². The number of hydrogen-bond donors (Lipinski definition) is 1. The van der Waals surface area contributed by atoms with Gasteiger partial charge in [0.1, 0.15) is 0 Å². The molecule has 85 heavy (non-hydrogen) atoms. The Kier molecular flexibility index (Phi) is 70.1. The fourth-order valence-electron chi connectivity index (χ4n) is 13.1. The molecule has 7 nitrogen and oxygen atoms in total. The molecule has 0 aromatic heterocycles. The van der Waals surface area contributed by atoms with Gasteiger partial charge in [-0.1, -0.05) is 413 Å². The summed E-state index contributed by atoms with van der Waals surface area (Å²) in [7, 11) is 0. The van der Waals surface area contributed by atoms with E-state index in [1.54, 1.807) is 4.90 Å². The SMILES string of the molecule is CCCCCCCCCCCCCCCCCCN(CCCCCCCCCCCCCCCCCC)C(=O)CN(CC(=O)O)CC(=O)N(CCCCCCCCCCCCCCCCCC)CCCCCCCCCCCCCCCCCC. The number of carboxylic acids is 1. The Morgan fingerprint density at radius 3 is 0.459 bits per heavy atom. The van der Waals surface area contributed by atoms with Crippen molar-refractivity contribution in [1.82, 2.24) is 14.7 Å². The van der Waals surface area contributed by atoms with E-state index in [1.807, 2.05) is 9.80 Å². The van der Waals surface area contributed by atoms with Gasteiger partial charge in [-0.25, -0.2) is 0 Å². The first-order chi connectivity index (χ1) is 41.9. The molecule has 0 saturated carbocycles. The van der Waals surface area contributed by atoms with Crippen LogP contribution in [0.15, 0.2) is 0 Å². The van der Waals surface area contributed by atoms with Crippen LogP contribution in [0.25, 0.3) is 0 Å². The first-order valence-electron chi connectivity index (χ1n) is 39.4. The molecule has 0 radical (unpaired) electrons. The van der Waals surface area contributed by atoms with Gasteiger partial charge in [0.05, 0.1) is 19.6 Å². The third kappa shape index (κ3) is 65.1. The van der Waals surface area contributed by atoms with Crippen molar-refractivity contribution in [1.29, 1.82) is 0 Å². The summed E-state index contributed by atoms with van der Waals surface area (Å²) >= 11 is 0. The van der Waals surface area contributed by atoms with Crippen LogP contribution in [0.2, 0.25) is 0 Å². The summed E-state index contributed by atoms with van der Waals surface area (Å²) < 4.78 is 0. The number of aliphatic carboxylic acids is 1. The highest BCUT2D eigenvalue weighted by atomic mass is 16.4. The average molecular weight is 1200 g/mol. The van der Waals surface area contributed by atoms with E-state index in [2.05, 4.69) is 27.7 Å². The van der Waals surface area contributed by atoms with E-state index in [-0.39, 0.29) is 31.4 Å². The summed E-state index contributed by atoms with van der Waals surface area (Å²) in [5, 5.41) is 10.1. The summed E-state index contributed by atoms with van der Waals surface area (Å²) in [6.45, 7) is 11.8. The van der Waals surface area contributed by atoms with Crippen LogP contribution in [0.5, 0.6) is 0 Å². The van der Waals surface area contributed by atoms with E-state index in [4.69, 9.17) is 0 Å². The normalized spacial score (nSPS) is 11.6. The van der Waals surface area contributed by atoms with Crippen LogP contribution in [0.4, 0.5) is 0 Å². The van der Waals surface area contributed by atoms with Crippen LogP contribution in [0.1, 0.15) is 439 Å². The van der Waals surface area contributed by atoms with Crippen molar-refractivity contribution < 1.29 is 19.5 Å². The summed E-state index contributed by atoms with van der Waals surface area (Å²) in [6.07, 6.45) is 84.8. The summed E-state index contributed by atoms with van der Waals surface area (Å²) in [6, 6.07) is 0. The number of amides is 2. The number of carbonyl (C=O) groups excluding carboxylic acids is 2. The number of unbranched alkanes of at least 4 members (excludes halogenated alkanes) is 60. The van der Waals surface area contributed by atoms with Crippen LogP contribution < -0.4 is 0 Å². The Hall–Kier alpha value is -1.63. The van der Waals surface area contributed by atoms with Gasteiger partial charge in [0, 0.05) is 26.2 Å². The van der Waals surface area contributed by atoms with E-state index in [0.29, 0.717) is 0 Å². The Morgan fingerprint density at radius 2 is 0.329 bits per heavy atom. The zero-order chi connectivity index (χ0) is 61.7. The van der Waals surface area contributed by atoms with Crippen molar-refractivity contribution in [3.63, 3.8) is 0 Å². The molecule has 1 N–H and O–H groups in total. The average Bonchev–Trinajstić information content (AvgIpc) is 3.55. The highest BCUT2D eigenvalue weighted by Crippen LogP contribution is 2.20. The number of carboxylic acid groups (broad SMARTS) is 1. The quantitative estimate of drug-likeness (QED) is 0.0614. The zero-order valence-corrected chi connectivity index (χ0v) is 58.7. The molecule has 0 aliphatic carbocycles. The van der Waals surface area contributed by atoms with Crippen molar-refractivity contribution in [3.05, 3.63) is 0 Å². The Balaban J connectivity index is 5.33. The first kappa shape index (κ1) is 83.4. The van der Waals surface area contributed by atoms with E-state index < -0.39 is 5.97 Å². The van der Waals surface area contributed by atoms with E-state index in [0.717, 1.165) is 77.5 Å². The highest BCUT2D eigenvalue weighted by Gasteiger charge is 2.24. The van der Waals surface area contributed by atoms with Gasteiger partial charge in [-0.05, 0) is 25.7 Å². The zero-order valence-electron chi connectivity index (χ0n) is 58.7. The topological polar surface area (TPSA) is 81.2 Å². The molecular formula is C78H155N3O4. The lowest BCUT2D eigenvalue weighted by Gasteiger charge is -2.29. The lowest BCUT2D eigenvalue weighted by Crippen LogP contribution is -2.47. The molecule has 0 heterocycles. The maximum atomic E-state index is 14.3. The molecule has 0 atom stereocenters. The van der Waals surface area contributed by atoms with Crippen molar-refractivity contribution in [3.8, 4) is 0 Å². The lowest BCUT2D eigenvalue weighted by molar-refractivity contribution is -0.141. The fraction of sp³-hybridized carbons (Fsp3) is 0.962. The molecule has 0 aliphatic heterocycles. The second-order valence-electron chi connectivity index (χ2n) is 27.5.